The van der Waals surface area contributed by atoms with E-state index < -0.39 is 0 Å². The van der Waals surface area contributed by atoms with Crippen LogP contribution in [-0.2, 0) is 19.1 Å². The molecule has 144 valence electrons. The van der Waals surface area contributed by atoms with Crippen molar-refractivity contribution >= 4 is 11.9 Å². The number of aliphatic hydroxyl groups excluding tert-OH is 2. The molecule has 0 aromatic rings. The maximum atomic E-state index is 12.0. The predicted molar refractivity (Wildman–Crippen MR) is 91.7 cm³/mol. The fourth-order valence-electron chi connectivity index (χ4n) is 3.56. The molecule has 0 aliphatic heterocycles. The summed E-state index contributed by atoms with van der Waals surface area (Å²) in [5.74, 6) is -0.367. The van der Waals surface area contributed by atoms with Crippen LogP contribution in [0.25, 0.3) is 0 Å². The second-order valence-corrected chi connectivity index (χ2v) is 7.69. The van der Waals surface area contributed by atoms with Crippen LogP contribution >= 0.6 is 0 Å². The van der Waals surface area contributed by atoms with Crippen molar-refractivity contribution < 1.29 is 29.3 Å². The Labute approximate surface area is 149 Å². The van der Waals surface area contributed by atoms with Gasteiger partial charge in [-0.05, 0) is 63.7 Å². The van der Waals surface area contributed by atoms with E-state index in [1.54, 1.807) is 0 Å². The van der Waals surface area contributed by atoms with Gasteiger partial charge in [-0.25, -0.2) is 0 Å². The van der Waals surface area contributed by atoms with Crippen LogP contribution in [0.2, 0.25) is 0 Å². The summed E-state index contributed by atoms with van der Waals surface area (Å²) in [6.45, 7) is 1.94. The molecule has 0 bridgehead atoms. The quantitative estimate of drug-likeness (QED) is 0.681. The largest absolute Gasteiger partial charge is 0.462 e. The third-order valence-corrected chi connectivity index (χ3v) is 5.24. The second kappa shape index (κ2) is 10.1. The predicted octanol–water partition coefficient (Wildman–Crippen LogP) is 2.49. The SMILES string of the molecule is C[C@H](CCC(=O)OC1CCC(O)CC1)CC(=O)OC1CCC(O)CC1. The zero-order chi connectivity index (χ0) is 18.2. The maximum Gasteiger partial charge on any atom is 0.306 e. The van der Waals surface area contributed by atoms with E-state index in [9.17, 15) is 19.8 Å². The van der Waals surface area contributed by atoms with Crippen molar-refractivity contribution in [3.63, 3.8) is 0 Å². The molecule has 6 heteroatoms. The van der Waals surface area contributed by atoms with Crippen LogP contribution in [0.4, 0.5) is 0 Å². The number of carbonyl (C=O) groups excluding carboxylic acids is 2. The van der Waals surface area contributed by atoms with E-state index in [0.29, 0.717) is 44.9 Å². The van der Waals surface area contributed by atoms with Gasteiger partial charge in [-0.3, -0.25) is 9.59 Å². The zero-order valence-electron chi connectivity index (χ0n) is 15.2. The Morgan fingerprint density at radius 2 is 1.28 bits per heavy atom. The van der Waals surface area contributed by atoms with Gasteiger partial charge >= 0.3 is 11.9 Å². The molecule has 0 heterocycles. The molecule has 0 unspecified atom stereocenters. The lowest BCUT2D eigenvalue weighted by molar-refractivity contribution is -0.154. The molecule has 0 aromatic carbocycles. The first-order valence-electron chi connectivity index (χ1n) is 9.67. The van der Waals surface area contributed by atoms with Crippen LogP contribution in [0.15, 0.2) is 0 Å². The molecule has 2 saturated carbocycles. The summed E-state index contributed by atoms with van der Waals surface area (Å²) in [5.41, 5.74) is 0. The summed E-state index contributed by atoms with van der Waals surface area (Å²) in [6.07, 6.45) is 6.24. The zero-order valence-corrected chi connectivity index (χ0v) is 15.2. The third kappa shape index (κ3) is 7.74. The highest BCUT2D eigenvalue weighted by molar-refractivity contribution is 5.71. The number of hydrogen-bond acceptors (Lipinski definition) is 6. The Kier molecular flexibility index (Phi) is 8.16. The van der Waals surface area contributed by atoms with Gasteiger partial charge in [0.05, 0.1) is 12.2 Å². The summed E-state index contributed by atoms with van der Waals surface area (Å²) >= 11 is 0. The van der Waals surface area contributed by atoms with Gasteiger partial charge in [0.15, 0.2) is 0 Å². The van der Waals surface area contributed by atoms with E-state index in [0.717, 1.165) is 25.7 Å². The van der Waals surface area contributed by atoms with Gasteiger partial charge in [0, 0.05) is 12.8 Å². The van der Waals surface area contributed by atoms with Gasteiger partial charge < -0.3 is 19.7 Å². The van der Waals surface area contributed by atoms with Crippen molar-refractivity contribution in [1.82, 2.24) is 0 Å². The topological polar surface area (TPSA) is 93.1 Å². The molecular formula is C19H32O6. The lowest BCUT2D eigenvalue weighted by Crippen LogP contribution is -2.27. The molecule has 0 spiro atoms. The summed E-state index contributed by atoms with van der Waals surface area (Å²) in [6, 6.07) is 0. The first-order chi connectivity index (χ1) is 11.9. The van der Waals surface area contributed by atoms with Gasteiger partial charge in [-0.2, -0.15) is 0 Å². The molecule has 2 rings (SSSR count). The molecule has 0 radical (unpaired) electrons. The molecule has 0 aromatic heterocycles. The molecule has 2 fully saturated rings. The number of rotatable bonds is 7. The highest BCUT2D eigenvalue weighted by atomic mass is 16.5. The van der Waals surface area contributed by atoms with Crippen LogP contribution in [0.3, 0.4) is 0 Å². The van der Waals surface area contributed by atoms with E-state index in [4.69, 9.17) is 9.47 Å². The van der Waals surface area contributed by atoms with Gasteiger partial charge in [-0.1, -0.05) is 6.92 Å². The van der Waals surface area contributed by atoms with Crippen LogP contribution in [0.5, 0.6) is 0 Å². The number of esters is 2. The first kappa shape index (κ1) is 20.2. The van der Waals surface area contributed by atoms with Crippen molar-refractivity contribution in [3.8, 4) is 0 Å². The van der Waals surface area contributed by atoms with Crippen molar-refractivity contribution in [1.29, 1.82) is 0 Å². The molecule has 0 saturated heterocycles. The van der Waals surface area contributed by atoms with E-state index in [-0.39, 0.29) is 42.3 Å². The van der Waals surface area contributed by atoms with E-state index >= 15 is 0 Å². The molecule has 0 amide bonds. The standard InChI is InChI=1S/C19H32O6/c1-13(12-19(23)25-17-9-5-15(21)6-10-17)2-11-18(22)24-16-7-3-14(20)4-8-16/h13-17,20-21H,2-12H2,1H3/t13-,14?,15?,16?,17?/m1/s1. The lowest BCUT2D eigenvalue weighted by Gasteiger charge is -2.26. The maximum absolute atomic E-state index is 12.0. The van der Waals surface area contributed by atoms with Crippen molar-refractivity contribution in [3.05, 3.63) is 0 Å². The lowest BCUT2D eigenvalue weighted by atomic mass is 9.95. The van der Waals surface area contributed by atoms with E-state index in [2.05, 4.69) is 0 Å². The highest BCUT2D eigenvalue weighted by Gasteiger charge is 2.24. The van der Waals surface area contributed by atoms with Crippen LogP contribution in [0.1, 0.15) is 77.6 Å². The average molecular weight is 356 g/mol. The Balaban J connectivity index is 1.57. The molecule has 25 heavy (non-hydrogen) atoms. The van der Waals surface area contributed by atoms with Gasteiger partial charge in [-0.15, -0.1) is 0 Å². The monoisotopic (exact) mass is 356 g/mol. The number of carbonyl (C=O) groups is 2. The second-order valence-electron chi connectivity index (χ2n) is 7.69. The average Bonchev–Trinajstić information content (AvgIpc) is 2.57. The van der Waals surface area contributed by atoms with Gasteiger partial charge in [0.2, 0.25) is 0 Å². The van der Waals surface area contributed by atoms with Crippen molar-refractivity contribution in [2.24, 2.45) is 5.92 Å². The van der Waals surface area contributed by atoms with Crippen molar-refractivity contribution in [2.45, 2.75) is 102 Å². The molecular weight excluding hydrogens is 324 g/mol. The minimum absolute atomic E-state index is 0.0715. The summed E-state index contributed by atoms with van der Waals surface area (Å²) in [4.78, 5) is 23.9. The van der Waals surface area contributed by atoms with E-state index in [1.165, 1.54) is 0 Å². The Hall–Kier alpha value is -1.14. The molecule has 2 aliphatic carbocycles. The highest BCUT2D eigenvalue weighted by Crippen LogP contribution is 2.24. The normalized spacial score (nSPS) is 31.2. The first-order valence-corrected chi connectivity index (χ1v) is 9.67. The Morgan fingerprint density at radius 1 is 0.840 bits per heavy atom. The molecule has 2 aliphatic rings. The smallest absolute Gasteiger partial charge is 0.306 e. The minimum Gasteiger partial charge on any atom is -0.462 e. The van der Waals surface area contributed by atoms with Crippen LogP contribution in [-0.4, -0.2) is 46.6 Å². The molecule has 2 N–H and O–H groups in total. The van der Waals surface area contributed by atoms with E-state index in [1.807, 2.05) is 6.92 Å². The number of ether oxygens (including phenoxy) is 2. The molecule has 6 nitrogen and oxygen atoms in total. The summed E-state index contributed by atoms with van der Waals surface area (Å²) < 4.78 is 10.9. The summed E-state index contributed by atoms with van der Waals surface area (Å²) in [7, 11) is 0. The summed E-state index contributed by atoms with van der Waals surface area (Å²) in [5, 5.41) is 18.9. The van der Waals surface area contributed by atoms with Gasteiger partial charge in [0.1, 0.15) is 12.2 Å². The number of aliphatic hydroxyl groups is 2. The number of hydrogen-bond donors (Lipinski definition) is 2. The Morgan fingerprint density at radius 3 is 1.76 bits per heavy atom. The fraction of sp³-hybridized carbons (Fsp3) is 0.895. The fourth-order valence-corrected chi connectivity index (χ4v) is 3.56. The van der Waals surface area contributed by atoms with Crippen LogP contribution in [0, 0.1) is 5.92 Å². The molecule has 1 atom stereocenters. The third-order valence-electron chi connectivity index (χ3n) is 5.24. The van der Waals surface area contributed by atoms with Crippen molar-refractivity contribution in [2.75, 3.05) is 0 Å². The Bertz CT molecular complexity index is 422. The van der Waals surface area contributed by atoms with Gasteiger partial charge in [0.25, 0.3) is 0 Å². The minimum atomic E-state index is -0.257. The van der Waals surface area contributed by atoms with Crippen LogP contribution < -0.4 is 0 Å².